The Morgan fingerprint density at radius 1 is 1.05 bits per heavy atom. The molecule has 0 radical (unpaired) electrons. The number of aromatic amines is 1. The van der Waals surface area contributed by atoms with E-state index in [2.05, 4.69) is 45.2 Å². The van der Waals surface area contributed by atoms with E-state index >= 15 is 0 Å². The molecule has 1 unspecified atom stereocenters. The number of piperidine rings is 1. The molecule has 2 N–H and O–H groups in total. The van der Waals surface area contributed by atoms with Crippen LogP contribution in [0.15, 0.2) is 60.7 Å². The summed E-state index contributed by atoms with van der Waals surface area (Å²) < 4.78 is 17.0. The molecule has 1 aliphatic heterocycles. The van der Waals surface area contributed by atoms with Crippen molar-refractivity contribution >= 4 is 17.0 Å². The second-order valence-corrected chi connectivity index (χ2v) is 10.2. The highest BCUT2D eigenvalue weighted by Gasteiger charge is 2.23. The first-order valence-electron chi connectivity index (χ1n) is 13.7. The van der Waals surface area contributed by atoms with E-state index in [4.69, 9.17) is 19.2 Å². The van der Waals surface area contributed by atoms with E-state index in [1.165, 1.54) is 0 Å². The first-order valence-corrected chi connectivity index (χ1v) is 13.7. The van der Waals surface area contributed by atoms with Crippen molar-refractivity contribution in [2.75, 3.05) is 33.9 Å². The number of imidazole rings is 1. The molecule has 0 bridgehead atoms. The quantitative estimate of drug-likeness (QED) is 0.246. The Balaban J connectivity index is 1.20. The van der Waals surface area contributed by atoms with Gasteiger partial charge in [0, 0.05) is 38.3 Å². The van der Waals surface area contributed by atoms with Crippen LogP contribution in [0.5, 0.6) is 5.88 Å². The second-order valence-electron chi connectivity index (χ2n) is 10.2. The number of aromatic carboxylic acids is 1. The van der Waals surface area contributed by atoms with Crippen molar-refractivity contribution in [3.8, 4) is 5.88 Å². The lowest BCUT2D eigenvalue weighted by Crippen LogP contribution is -2.33. The summed E-state index contributed by atoms with van der Waals surface area (Å²) in [6, 6.07) is 19.3. The lowest BCUT2D eigenvalue weighted by molar-refractivity contribution is 0.0697. The van der Waals surface area contributed by atoms with Gasteiger partial charge in [0.1, 0.15) is 11.9 Å². The molecular formula is C31H36N4O5. The van der Waals surface area contributed by atoms with Gasteiger partial charge >= 0.3 is 5.97 Å². The van der Waals surface area contributed by atoms with E-state index in [1.54, 1.807) is 32.4 Å². The van der Waals surface area contributed by atoms with Crippen LogP contribution in [0.2, 0.25) is 0 Å². The van der Waals surface area contributed by atoms with Crippen molar-refractivity contribution in [1.29, 1.82) is 0 Å². The van der Waals surface area contributed by atoms with Crippen LogP contribution in [-0.4, -0.2) is 64.8 Å². The first-order chi connectivity index (χ1) is 19.5. The van der Waals surface area contributed by atoms with Gasteiger partial charge in [-0.25, -0.2) is 14.8 Å². The number of carboxylic acid groups (broad SMARTS) is 1. The lowest BCUT2D eigenvalue weighted by Gasteiger charge is -2.31. The Morgan fingerprint density at radius 2 is 1.85 bits per heavy atom. The van der Waals surface area contributed by atoms with Gasteiger partial charge in [-0.05, 0) is 61.3 Å². The number of fused-ring (bicyclic) bond motifs is 1. The van der Waals surface area contributed by atoms with Gasteiger partial charge < -0.3 is 24.3 Å². The number of hydrogen-bond donors (Lipinski definition) is 2. The average molecular weight is 545 g/mol. The molecule has 5 rings (SSSR count). The maximum atomic E-state index is 11.3. The Hall–Kier alpha value is -3.79. The molecule has 2 aromatic carbocycles. The number of methoxy groups -OCH3 is 2. The van der Waals surface area contributed by atoms with E-state index in [-0.39, 0.29) is 11.7 Å². The van der Waals surface area contributed by atoms with Gasteiger partial charge in [-0.3, -0.25) is 4.90 Å². The highest BCUT2D eigenvalue weighted by atomic mass is 16.5. The third kappa shape index (κ3) is 6.85. The predicted octanol–water partition coefficient (Wildman–Crippen LogP) is 5.34. The SMILES string of the molecule is COCCC(Oc1cccc(C2CCN(Cc3nc4ccc(C(=O)O)cc4[nH]3)CC2)n1)c1ccc(COC)cc1. The minimum atomic E-state index is -0.940. The van der Waals surface area contributed by atoms with Crippen LogP contribution >= 0.6 is 0 Å². The maximum Gasteiger partial charge on any atom is 0.335 e. The molecule has 9 heteroatoms. The molecule has 1 fully saturated rings. The number of pyridine rings is 1. The van der Waals surface area contributed by atoms with Crippen molar-refractivity contribution in [3.63, 3.8) is 0 Å². The van der Waals surface area contributed by atoms with E-state index in [0.717, 1.165) is 66.0 Å². The van der Waals surface area contributed by atoms with Gasteiger partial charge in [0.05, 0.1) is 36.4 Å². The summed E-state index contributed by atoms with van der Waals surface area (Å²) in [6.07, 6.45) is 2.56. The number of hydrogen-bond acceptors (Lipinski definition) is 7. The van der Waals surface area contributed by atoms with Crippen LogP contribution in [0.1, 0.15) is 64.3 Å². The number of carbonyl (C=O) groups is 1. The monoisotopic (exact) mass is 544 g/mol. The largest absolute Gasteiger partial charge is 0.478 e. The fourth-order valence-corrected chi connectivity index (χ4v) is 5.25. The minimum absolute atomic E-state index is 0.156. The summed E-state index contributed by atoms with van der Waals surface area (Å²) in [5.41, 5.74) is 5.06. The van der Waals surface area contributed by atoms with E-state index < -0.39 is 5.97 Å². The smallest absolute Gasteiger partial charge is 0.335 e. The molecule has 40 heavy (non-hydrogen) atoms. The minimum Gasteiger partial charge on any atom is -0.478 e. The normalized spacial score (nSPS) is 15.3. The number of benzene rings is 2. The zero-order valence-electron chi connectivity index (χ0n) is 23.0. The van der Waals surface area contributed by atoms with Gasteiger partial charge in [0.15, 0.2) is 0 Å². The molecule has 2 aromatic heterocycles. The number of aromatic nitrogens is 3. The van der Waals surface area contributed by atoms with Gasteiger partial charge in [-0.1, -0.05) is 30.3 Å². The summed E-state index contributed by atoms with van der Waals surface area (Å²) in [5.74, 6) is 0.900. The number of nitrogens with one attached hydrogen (secondary N) is 1. The third-order valence-electron chi connectivity index (χ3n) is 7.41. The molecule has 3 heterocycles. The third-order valence-corrected chi connectivity index (χ3v) is 7.41. The number of carboxylic acids is 1. The Morgan fingerprint density at radius 3 is 2.58 bits per heavy atom. The summed E-state index contributed by atoms with van der Waals surface area (Å²) >= 11 is 0. The highest BCUT2D eigenvalue weighted by Crippen LogP contribution is 2.30. The number of H-pyrrole nitrogens is 1. The summed E-state index contributed by atoms with van der Waals surface area (Å²) in [5, 5.41) is 9.24. The lowest BCUT2D eigenvalue weighted by atomic mass is 9.93. The molecule has 0 saturated carbocycles. The van der Waals surface area contributed by atoms with Crippen LogP contribution in [0, 0.1) is 0 Å². The maximum absolute atomic E-state index is 11.3. The molecule has 210 valence electrons. The Bertz CT molecular complexity index is 1410. The molecule has 0 spiro atoms. The fourth-order valence-electron chi connectivity index (χ4n) is 5.25. The van der Waals surface area contributed by atoms with Crippen molar-refractivity contribution in [2.24, 2.45) is 0 Å². The van der Waals surface area contributed by atoms with Crippen LogP contribution in [-0.2, 0) is 22.6 Å². The predicted molar refractivity (Wildman–Crippen MR) is 152 cm³/mol. The molecule has 1 aliphatic rings. The van der Waals surface area contributed by atoms with Gasteiger partial charge in [0.25, 0.3) is 0 Å². The number of rotatable bonds is 12. The van der Waals surface area contributed by atoms with Crippen LogP contribution in [0.25, 0.3) is 11.0 Å². The van der Waals surface area contributed by atoms with E-state index in [9.17, 15) is 9.90 Å². The van der Waals surface area contributed by atoms with Crippen molar-refractivity contribution in [3.05, 3.63) is 88.9 Å². The Labute approximate surface area is 234 Å². The molecule has 0 amide bonds. The van der Waals surface area contributed by atoms with E-state index in [1.807, 2.05) is 12.1 Å². The molecule has 0 aliphatic carbocycles. The van der Waals surface area contributed by atoms with Gasteiger partial charge in [0.2, 0.25) is 5.88 Å². The number of nitrogens with zero attached hydrogens (tertiary/aromatic N) is 3. The second kappa shape index (κ2) is 13.0. The average Bonchev–Trinajstić information content (AvgIpc) is 3.38. The summed E-state index contributed by atoms with van der Waals surface area (Å²) in [4.78, 5) is 26.5. The standard InChI is InChI=1S/C31H36N4O5/c1-38-17-14-28(23-8-6-21(7-9-23)20-39-2)40-30-5-3-4-25(34-30)22-12-15-35(16-13-22)19-29-32-26-11-10-24(31(36)37)18-27(26)33-29/h3-11,18,22,28H,12-17,19-20H2,1-2H3,(H,32,33)(H,36,37). The summed E-state index contributed by atoms with van der Waals surface area (Å²) in [7, 11) is 3.40. The molecule has 1 saturated heterocycles. The van der Waals surface area contributed by atoms with Crippen LogP contribution < -0.4 is 4.74 Å². The van der Waals surface area contributed by atoms with Crippen LogP contribution in [0.4, 0.5) is 0 Å². The Kier molecular flexibility index (Phi) is 9.05. The highest BCUT2D eigenvalue weighted by molar-refractivity contribution is 5.92. The van der Waals surface area contributed by atoms with Crippen molar-refractivity contribution in [1.82, 2.24) is 19.9 Å². The topological polar surface area (TPSA) is 110 Å². The van der Waals surface area contributed by atoms with Crippen molar-refractivity contribution in [2.45, 2.75) is 44.4 Å². The number of likely N-dealkylation sites (tertiary alicyclic amines) is 1. The molecular weight excluding hydrogens is 508 g/mol. The van der Waals surface area contributed by atoms with E-state index in [0.29, 0.717) is 31.6 Å². The number of ether oxygens (including phenoxy) is 3. The molecule has 4 aromatic rings. The zero-order valence-corrected chi connectivity index (χ0v) is 23.0. The first kappa shape index (κ1) is 27.8. The summed E-state index contributed by atoms with van der Waals surface area (Å²) in [6.45, 7) is 3.73. The zero-order chi connectivity index (χ0) is 27.9. The van der Waals surface area contributed by atoms with Gasteiger partial charge in [-0.2, -0.15) is 0 Å². The van der Waals surface area contributed by atoms with Gasteiger partial charge in [-0.15, -0.1) is 0 Å². The van der Waals surface area contributed by atoms with Crippen molar-refractivity contribution < 1.29 is 24.1 Å². The molecule has 9 nitrogen and oxygen atoms in total. The fraction of sp³-hybridized carbons (Fsp3) is 0.387. The van der Waals surface area contributed by atoms with Crippen LogP contribution in [0.3, 0.4) is 0 Å². The molecule has 1 atom stereocenters.